The zero-order valence-electron chi connectivity index (χ0n) is 74.0. The maximum absolute atomic E-state index is 16.6. The first-order valence-electron chi connectivity index (χ1n) is 44.0. The highest BCUT2D eigenvalue weighted by Gasteiger charge is 2.65. The molecule has 0 radical (unpaired) electrons. The van der Waals surface area contributed by atoms with E-state index in [2.05, 4.69) is 130 Å². The topological polar surface area (TPSA) is 222 Å². The number of hydrogen-bond donors (Lipinski definition) is 0. The molecule has 12 rings (SSSR count). The Bertz CT molecular complexity index is 4670. The van der Waals surface area contributed by atoms with Gasteiger partial charge in [-0.2, -0.15) is 0 Å². The summed E-state index contributed by atoms with van der Waals surface area (Å²) in [6, 6.07) is 69.5. The minimum absolute atomic E-state index is 0.00763. The molecular weight excluding hydrogens is 1620 g/mol. The lowest BCUT2D eigenvalue weighted by Crippen LogP contribution is -2.73. The Hall–Kier alpha value is -7.76. The Labute approximate surface area is 732 Å². The van der Waals surface area contributed by atoms with Gasteiger partial charge in [-0.1, -0.05) is 251 Å². The molecule has 660 valence electrons. The van der Waals surface area contributed by atoms with E-state index in [0.29, 0.717) is 49.7 Å². The minimum Gasteiger partial charge on any atom is -0.458 e. The van der Waals surface area contributed by atoms with Crippen LogP contribution in [0.4, 0.5) is 0 Å². The Kier molecular flexibility index (Phi) is 32.4. The van der Waals surface area contributed by atoms with Crippen molar-refractivity contribution in [1.29, 1.82) is 0 Å². The summed E-state index contributed by atoms with van der Waals surface area (Å²) in [7, 11) is -9.21. The van der Waals surface area contributed by atoms with Crippen molar-refractivity contribution in [2.45, 2.75) is 282 Å². The number of ketones is 2. The zero-order valence-corrected chi connectivity index (χ0v) is 77.8. The zero-order chi connectivity index (χ0) is 87.9. The van der Waals surface area contributed by atoms with Crippen molar-refractivity contribution in [2.24, 2.45) is 5.92 Å². The van der Waals surface area contributed by atoms with Crippen LogP contribution in [0.15, 0.2) is 247 Å². The summed E-state index contributed by atoms with van der Waals surface area (Å²) in [6.45, 7) is 30.1. The van der Waals surface area contributed by atoms with Gasteiger partial charge in [0.15, 0.2) is 30.2 Å². The van der Waals surface area contributed by atoms with Crippen LogP contribution in [0.25, 0.3) is 0 Å². The fourth-order valence-electron chi connectivity index (χ4n) is 19.6. The van der Waals surface area contributed by atoms with Crippen LogP contribution in [0.2, 0.25) is 28.2 Å². The lowest BCUT2D eigenvalue weighted by Gasteiger charge is -2.53. The summed E-state index contributed by atoms with van der Waals surface area (Å²) in [6.07, 6.45) is -9.94. The third-order valence-electron chi connectivity index (χ3n) is 26.1. The monoisotopic (exact) mass is 1750 g/mol. The molecule has 19 nitrogen and oxygen atoms in total. The molecule has 5 saturated heterocycles. The van der Waals surface area contributed by atoms with Crippen LogP contribution in [0.3, 0.4) is 0 Å². The predicted molar refractivity (Wildman–Crippen MR) is 485 cm³/mol. The molecule has 0 amide bonds. The van der Waals surface area contributed by atoms with Crippen molar-refractivity contribution in [1.82, 2.24) is 0 Å². The number of methoxy groups -OCH3 is 3. The first kappa shape index (κ1) is 94.4. The minimum atomic E-state index is -4.46. The van der Waals surface area contributed by atoms with Crippen molar-refractivity contribution in [3.05, 3.63) is 253 Å². The number of benzene rings is 7. The van der Waals surface area contributed by atoms with E-state index in [4.69, 9.17) is 60.6 Å². The van der Waals surface area contributed by atoms with Crippen molar-refractivity contribution in [3.63, 3.8) is 0 Å². The second kappa shape index (κ2) is 42.2. The Morgan fingerprint density at radius 3 is 1.52 bits per heavy atom. The van der Waals surface area contributed by atoms with Gasteiger partial charge in [0.2, 0.25) is 0 Å². The number of ether oxygens (including phenoxy) is 10. The Balaban J connectivity index is 0.915. The van der Waals surface area contributed by atoms with E-state index in [1.54, 1.807) is 98.1 Å². The maximum atomic E-state index is 16.6. The highest BCUT2D eigenvalue weighted by atomic mass is 32.2. The molecule has 5 fully saturated rings. The average molecular weight is 1750 g/mol. The third kappa shape index (κ3) is 21.7. The molecule has 0 bridgehead atoms. The van der Waals surface area contributed by atoms with Gasteiger partial charge < -0.3 is 60.6 Å². The van der Waals surface area contributed by atoms with Crippen LogP contribution in [-0.2, 0) is 80.1 Å². The fraction of sp³-hybridized carbons (Fsp3) is 0.490. The summed E-state index contributed by atoms with van der Waals surface area (Å²) >= 11 is 0. The first-order valence-corrected chi connectivity index (χ1v) is 51.9. The van der Waals surface area contributed by atoms with Crippen molar-refractivity contribution in [3.8, 4) is 0 Å². The van der Waals surface area contributed by atoms with Crippen LogP contribution in [0.1, 0.15) is 167 Å². The molecule has 1 unspecified atom stereocenters. The molecule has 17 atom stereocenters. The number of carbonyl (C=O) groups excluding carboxylic acids is 4. The fourth-order valence-corrected chi connectivity index (χ4v) is 33.6. The van der Waals surface area contributed by atoms with E-state index < -0.39 is 172 Å². The summed E-state index contributed by atoms with van der Waals surface area (Å²) in [5.41, 5.74) is 5.57. The maximum Gasteiger partial charge on any atom is 0.338 e. The van der Waals surface area contributed by atoms with Crippen LogP contribution < -0.4 is 20.7 Å². The smallest absolute Gasteiger partial charge is 0.338 e. The number of fused-ring (bicyclic) bond motifs is 2. The second-order valence-electron chi connectivity index (χ2n) is 35.9. The number of Topliss-reactive ketones (excluding diaryl/α,β-unsaturated/α-hetero) is 2. The molecule has 0 saturated carbocycles. The van der Waals surface area contributed by atoms with Gasteiger partial charge in [0.25, 0.3) is 16.6 Å². The van der Waals surface area contributed by atoms with Crippen LogP contribution >= 0.6 is 0 Å². The molecule has 0 aromatic heterocycles. The van der Waals surface area contributed by atoms with Crippen LogP contribution in [0.5, 0.6) is 0 Å². The Morgan fingerprint density at radius 2 is 1.02 bits per heavy atom. The van der Waals surface area contributed by atoms with Gasteiger partial charge in [0.1, 0.15) is 54.3 Å². The number of sulfone groups is 1. The van der Waals surface area contributed by atoms with Crippen molar-refractivity contribution in [2.75, 3.05) is 27.9 Å². The summed E-state index contributed by atoms with van der Waals surface area (Å²) < 4.78 is 123. The summed E-state index contributed by atoms with van der Waals surface area (Å²) in [5.74, 6) is -2.52. The molecule has 0 N–H and O–H groups in total. The number of esters is 2. The lowest BCUT2D eigenvalue weighted by atomic mass is 9.85. The molecule has 0 spiro atoms. The number of hydrogen-bond acceptors (Lipinski definition) is 19. The largest absolute Gasteiger partial charge is 0.458 e. The normalized spacial score (nSPS) is 24.5. The average Bonchev–Trinajstić information content (AvgIpc) is 1.63. The van der Waals surface area contributed by atoms with E-state index in [-0.39, 0.29) is 55.5 Å². The number of carbonyl (C=O) groups is 4. The molecule has 23 heteroatoms. The van der Waals surface area contributed by atoms with Crippen molar-refractivity contribution >= 4 is 79.0 Å². The molecule has 5 heterocycles. The Morgan fingerprint density at radius 1 is 0.528 bits per heavy atom. The summed E-state index contributed by atoms with van der Waals surface area (Å²) in [4.78, 5) is 59.6. The van der Waals surface area contributed by atoms with E-state index >= 15 is 18.0 Å². The molecule has 123 heavy (non-hydrogen) atoms. The highest BCUT2D eigenvalue weighted by molar-refractivity contribution is 7.92. The van der Waals surface area contributed by atoms with Gasteiger partial charge in [-0.15, -0.1) is 5.73 Å². The van der Waals surface area contributed by atoms with E-state index in [1.807, 2.05) is 79.7 Å². The van der Waals surface area contributed by atoms with Gasteiger partial charge in [-0.05, 0) is 142 Å². The molecular formula is C100H128O19SSi3. The van der Waals surface area contributed by atoms with Gasteiger partial charge in [0.05, 0.1) is 64.9 Å². The number of rotatable bonds is 41. The second-order valence-corrected chi connectivity index (χ2v) is 51.3. The van der Waals surface area contributed by atoms with E-state index in [0.717, 1.165) is 50.0 Å². The van der Waals surface area contributed by atoms with Crippen LogP contribution in [-0.4, -0.2) is 188 Å². The molecule has 7 aromatic carbocycles. The molecule has 7 aromatic rings. The van der Waals surface area contributed by atoms with Gasteiger partial charge in [-0.3, -0.25) is 9.59 Å². The predicted octanol–water partition coefficient (Wildman–Crippen LogP) is 16.4. The molecule has 0 aliphatic carbocycles. The molecule has 5 aliphatic rings. The van der Waals surface area contributed by atoms with Crippen molar-refractivity contribution < 1.29 is 88.2 Å². The SMILES string of the molecule is C=C=C(C)C[C@H](CC[C@@H]1O[C@@H](CC(C(=O)C[C@H]2O[C@H]3[C@@H](O[Si](c4ccccc4)(c4ccccc4)C(C)(C)C)[C@H]4O[C@@H](CC(=O)C[C@@H]5[C@@H](OC)[C@@H](C[C@@H](COC(=O)c6ccccc6)OC(=O)c6ccccc6)O[C@H]5CC(OC)OC)CC[C@@H]4O[C@H]3[C@H]2O[Si](c2ccccc2)(c2ccccc2)C(C)(C)C)S(=O)(=O)c2ccccc2)CC1=C)O[Si](CC)(CC)CC. The summed E-state index contributed by atoms with van der Waals surface area (Å²) in [5, 5.41) is 1.10. The quantitative estimate of drug-likeness (QED) is 0.0114. The highest BCUT2D eigenvalue weighted by Crippen LogP contribution is 2.50. The van der Waals surface area contributed by atoms with E-state index in [1.165, 1.54) is 14.2 Å². The third-order valence-corrected chi connectivity index (χ3v) is 43.0. The molecule has 5 aliphatic heterocycles. The van der Waals surface area contributed by atoms with E-state index in [9.17, 15) is 9.59 Å². The van der Waals surface area contributed by atoms with Crippen LogP contribution in [0, 0.1) is 5.92 Å². The van der Waals surface area contributed by atoms with Gasteiger partial charge >= 0.3 is 11.9 Å². The standard InChI is InChI=1S/C100H128O19SSi3/c1-16-68(5)59-74(117-121(17-2,18-3)19-4)56-57-84-69(6)60-75(111-84)64-89(120(105,106)77-45-31-22-32-46-77)83(102)65-88-93(118-122(99(7,8)9,78-47-33-23-34-48-78)79-49-35-24-36-50-79)94-95(116-88)96(119-123(100(10,11)12,80-51-37-25-38-52-80)81-53-39-26-40-54-81)92-85(115-94)58-55-73(112-92)61-72(101)62-82-86(66-90(107-13)108-14)114-87(91(82)109-15)63-76(113-98(104)71-43-29-21-30-44-71)67-110-97(103)70-41-27-20-28-42-70/h20-54,73-76,82,84-96H,1,6,17-19,55-67H2,2-5,7-15H3/t73-,74+,75-,76+,82+,84+,85+,86+,87-,88-,89?,91-,92+,93+,94+,95-,96+/m1/s1. The van der Waals surface area contributed by atoms with Gasteiger partial charge in [-0.25, -0.2) is 18.0 Å². The lowest BCUT2D eigenvalue weighted by molar-refractivity contribution is -0.254. The van der Waals surface area contributed by atoms with Gasteiger partial charge in [0, 0.05) is 71.9 Å². The first-order chi connectivity index (χ1) is 59.1.